The Hall–Kier alpha value is -0.0800. The summed E-state index contributed by atoms with van der Waals surface area (Å²) in [5, 5.41) is 0. The maximum Gasteiger partial charge on any atom is 0.163 e. The maximum absolute atomic E-state index is 5.92. The summed E-state index contributed by atoms with van der Waals surface area (Å²) in [4.78, 5) is 0. The van der Waals surface area contributed by atoms with E-state index in [-0.39, 0.29) is 5.79 Å². The molecule has 0 N–H and O–H groups in total. The molecule has 1 saturated heterocycles. The monoisotopic (exact) mass is 186 g/mol. The summed E-state index contributed by atoms with van der Waals surface area (Å²) in [5.74, 6) is 0.752. The second kappa shape index (κ2) is 3.97. The van der Waals surface area contributed by atoms with E-state index >= 15 is 0 Å². The Morgan fingerprint density at radius 2 is 2.00 bits per heavy atom. The average molecular weight is 186 g/mol. The van der Waals surface area contributed by atoms with E-state index < -0.39 is 0 Å². The highest BCUT2D eigenvalue weighted by molar-refractivity contribution is 4.78. The molecule has 1 aliphatic rings. The van der Waals surface area contributed by atoms with Crippen LogP contribution in [0.15, 0.2) is 0 Å². The Bertz CT molecular complexity index is 163. The van der Waals surface area contributed by atoms with Gasteiger partial charge in [-0.15, -0.1) is 0 Å². The van der Waals surface area contributed by atoms with Crippen molar-refractivity contribution in [3.05, 3.63) is 0 Å². The molecule has 1 rings (SSSR count). The fourth-order valence-corrected chi connectivity index (χ4v) is 1.89. The predicted molar refractivity (Wildman–Crippen MR) is 53.5 cm³/mol. The normalized spacial score (nSPS) is 33.7. The third-order valence-corrected chi connectivity index (χ3v) is 2.71. The molecule has 1 fully saturated rings. The first kappa shape index (κ1) is 11.0. The molecule has 2 unspecified atom stereocenters. The Labute approximate surface area is 81.6 Å². The van der Waals surface area contributed by atoms with Crippen LogP contribution in [0.5, 0.6) is 0 Å². The Morgan fingerprint density at radius 1 is 1.38 bits per heavy atom. The fraction of sp³-hybridized carbons (Fsp3) is 1.00. The van der Waals surface area contributed by atoms with Crippen LogP contribution in [0.1, 0.15) is 41.0 Å². The number of ether oxygens (including phenoxy) is 2. The van der Waals surface area contributed by atoms with Gasteiger partial charge in [0.25, 0.3) is 0 Å². The predicted octanol–water partition coefficient (Wildman–Crippen LogP) is 2.82. The zero-order chi connectivity index (χ0) is 10.1. The van der Waals surface area contributed by atoms with Crippen LogP contribution in [0.25, 0.3) is 0 Å². The molecule has 2 nitrogen and oxygen atoms in total. The lowest BCUT2D eigenvalue weighted by Gasteiger charge is -2.42. The van der Waals surface area contributed by atoms with Crippen molar-refractivity contribution in [1.82, 2.24) is 0 Å². The van der Waals surface area contributed by atoms with Crippen LogP contribution >= 0.6 is 0 Å². The Morgan fingerprint density at radius 3 is 2.46 bits per heavy atom. The largest absolute Gasteiger partial charge is 0.350 e. The highest BCUT2D eigenvalue weighted by atomic mass is 16.7. The lowest BCUT2D eigenvalue weighted by atomic mass is 9.90. The van der Waals surface area contributed by atoms with Gasteiger partial charge in [-0.25, -0.2) is 0 Å². The molecule has 0 aromatic rings. The molecule has 0 aromatic heterocycles. The van der Waals surface area contributed by atoms with Crippen molar-refractivity contribution in [2.45, 2.75) is 52.9 Å². The van der Waals surface area contributed by atoms with Crippen molar-refractivity contribution in [3.63, 3.8) is 0 Å². The summed E-state index contributed by atoms with van der Waals surface area (Å²) in [6.45, 7) is 11.5. The molecule has 78 valence electrons. The summed E-state index contributed by atoms with van der Waals surface area (Å²) < 4.78 is 11.5. The van der Waals surface area contributed by atoms with E-state index in [0.717, 1.165) is 13.0 Å². The van der Waals surface area contributed by atoms with Crippen molar-refractivity contribution < 1.29 is 9.47 Å². The minimum Gasteiger partial charge on any atom is -0.350 e. The Kier molecular flexibility index (Phi) is 3.36. The molecule has 0 aromatic carbocycles. The highest BCUT2D eigenvalue weighted by Gasteiger charge is 2.36. The second-order valence-corrected chi connectivity index (χ2v) is 4.71. The Balaban J connectivity index is 2.63. The van der Waals surface area contributed by atoms with Crippen LogP contribution in [0.3, 0.4) is 0 Å². The summed E-state index contributed by atoms with van der Waals surface area (Å²) in [6, 6.07) is 0. The lowest BCUT2D eigenvalue weighted by molar-refractivity contribution is -0.301. The van der Waals surface area contributed by atoms with E-state index in [1.807, 2.05) is 13.8 Å². The molecule has 0 bridgehead atoms. The van der Waals surface area contributed by atoms with Gasteiger partial charge in [0.05, 0.1) is 12.7 Å². The van der Waals surface area contributed by atoms with Gasteiger partial charge in [0.2, 0.25) is 0 Å². The van der Waals surface area contributed by atoms with Crippen molar-refractivity contribution >= 4 is 0 Å². The fourth-order valence-electron chi connectivity index (χ4n) is 1.89. The number of hydrogen-bond acceptors (Lipinski definition) is 2. The second-order valence-electron chi connectivity index (χ2n) is 4.71. The van der Waals surface area contributed by atoms with Crippen LogP contribution < -0.4 is 0 Å². The van der Waals surface area contributed by atoms with Crippen LogP contribution in [-0.2, 0) is 9.47 Å². The van der Waals surface area contributed by atoms with Crippen LogP contribution in [0.4, 0.5) is 0 Å². The third-order valence-electron chi connectivity index (χ3n) is 2.71. The van der Waals surface area contributed by atoms with Gasteiger partial charge in [-0.3, -0.25) is 0 Å². The smallest absolute Gasteiger partial charge is 0.163 e. The first-order valence-corrected chi connectivity index (χ1v) is 5.28. The van der Waals surface area contributed by atoms with E-state index in [9.17, 15) is 0 Å². The van der Waals surface area contributed by atoms with Gasteiger partial charge < -0.3 is 9.47 Å². The summed E-state index contributed by atoms with van der Waals surface area (Å²) in [6.07, 6.45) is 1.49. The molecule has 0 aliphatic carbocycles. The van der Waals surface area contributed by atoms with Crippen LogP contribution in [0, 0.1) is 11.8 Å². The van der Waals surface area contributed by atoms with E-state index in [2.05, 4.69) is 20.8 Å². The van der Waals surface area contributed by atoms with Crippen LogP contribution in [-0.4, -0.2) is 18.5 Å². The van der Waals surface area contributed by atoms with Gasteiger partial charge in [0.1, 0.15) is 0 Å². The lowest BCUT2D eigenvalue weighted by Crippen LogP contribution is -2.47. The first-order valence-electron chi connectivity index (χ1n) is 5.28. The van der Waals surface area contributed by atoms with Crippen molar-refractivity contribution in [2.24, 2.45) is 11.8 Å². The zero-order valence-corrected chi connectivity index (χ0v) is 9.46. The molecule has 2 atom stereocenters. The summed E-state index contributed by atoms with van der Waals surface area (Å²) >= 11 is 0. The van der Waals surface area contributed by atoms with Gasteiger partial charge in [-0.1, -0.05) is 20.8 Å². The van der Waals surface area contributed by atoms with Gasteiger partial charge >= 0.3 is 0 Å². The van der Waals surface area contributed by atoms with Crippen LogP contribution in [0.2, 0.25) is 0 Å². The highest BCUT2D eigenvalue weighted by Crippen LogP contribution is 2.31. The van der Waals surface area contributed by atoms with E-state index in [4.69, 9.17) is 9.47 Å². The number of rotatable bonds is 2. The van der Waals surface area contributed by atoms with Crippen molar-refractivity contribution in [2.75, 3.05) is 6.61 Å². The van der Waals surface area contributed by atoms with Gasteiger partial charge in [0, 0.05) is 5.92 Å². The molecule has 0 amide bonds. The molecular weight excluding hydrogens is 164 g/mol. The van der Waals surface area contributed by atoms with E-state index in [0.29, 0.717) is 17.9 Å². The summed E-state index contributed by atoms with van der Waals surface area (Å²) in [7, 11) is 0. The van der Waals surface area contributed by atoms with Crippen molar-refractivity contribution in [3.8, 4) is 0 Å². The quantitative estimate of drug-likeness (QED) is 0.660. The van der Waals surface area contributed by atoms with Gasteiger partial charge in [-0.2, -0.15) is 0 Å². The van der Waals surface area contributed by atoms with Gasteiger partial charge in [0.15, 0.2) is 5.79 Å². The molecule has 13 heavy (non-hydrogen) atoms. The molecule has 0 saturated carbocycles. The molecule has 1 heterocycles. The average Bonchev–Trinajstić information content (AvgIpc) is 2.03. The SMILES string of the molecule is CCC1COC(C)(C)OC1C(C)C. The zero-order valence-electron chi connectivity index (χ0n) is 9.46. The standard InChI is InChI=1S/C11H22O2/c1-6-9-7-12-11(4,5)13-10(9)8(2)3/h8-10H,6-7H2,1-5H3. The number of hydrogen-bond donors (Lipinski definition) is 0. The minimum atomic E-state index is -0.388. The molecule has 1 aliphatic heterocycles. The third kappa shape index (κ3) is 2.68. The van der Waals surface area contributed by atoms with Gasteiger partial charge in [-0.05, 0) is 26.2 Å². The molecular formula is C11H22O2. The van der Waals surface area contributed by atoms with E-state index in [1.54, 1.807) is 0 Å². The maximum atomic E-state index is 5.92. The molecule has 0 radical (unpaired) electrons. The van der Waals surface area contributed by atoms with E-state index in [1.165, 1.54) is 0 Å². The minimum absolute atomic E-state index is 0.355. The topological polar surface area (TPSA) is 18.5 Å². The van der Waals surface area contributed by atoms with Crippen molar-refractivity contribution in [1.29, 1.82) is 0 Å². The molecule has 0 spiro atoms. The first-order chi connectivity index (χ1) is 5.96. The summed E-state index contributed by atoms with van der Waals surface area (Å²) in [5.41, 5.74) is 0. The molecule has 2 heteroatoms.